The summed E-state index contributed by atoms with van der Waals surface area (Å²) in [5.41, 5.74) is 1.31. The van der Waals surface area contributed by atoms with E-state index in [1.807, 2.05) is 0 Å². The van der Waals surface area contributed by atoms with E-state index in [1.165, 1.54) is 6.07 Å². The molecule has 4 heteroatoms. The average Bonchev–Trinajstić information content (AvgIpc) is 2.20. The van der Waals surface area contributed by atoms with E-state index in [4.69, 9.17) is 11.6 Å². The van der Waals surface area contributed by atoms with Crippen LogP contribution in [0.4, 0.5) is 4.39 Å². The third kappa shape index (κ3) is 2.31. The van der Waals surface area contributed by atoms with E-state index < -0.39 is 0 Å². The molecule has 0 N–H and O–H groups in total. The molecular weight excluding hydrogens is 358 g/mol. The van der Waals surface area contributed by atoms with Gasteiger partial charge in [-0.2, -0.15) is 0 Å². The Bertz CT molecular complexity index is 520. The molecule has 0 fully saturated rings. The molecule has 2 aromatic carbocycles. The van der Waals surface area contributed by atoms with Gasteiger partial charge in [0.05, 0.1) is 0 Å². The van der Waals surface area contributed by atoms with Crippen molar-refractivity contribution in [3.8, 4) is 11.1 Å². The summed E-state index contributed by atoms with van der Waals surface area (Å²) in [5, 5.41) is 0.614. The average molecular weight is 364 g/mol. The molecule has 0 aliphatic heterocycles. The van der Waals surface area contributed by atoms with Crippen molar-refractivity contribution in [1.29, 1.82) is 0 Å². The van der Waals surface area contributed by atoms with Crippen LogP contribution in [0.25, 0.3) is 11.1 Å². The molecule has 0 atom stereocenters. The highest BCUT2D eigenvalue weighted by Crippen LogP contribution is 2.36. The van der Waals surface area contributed by atoms with E-state index >= 15 is 0 Å². The van der Waals surface area contributed by atoms with Gasteiger partial charge in [-0.1, -0.05) is 55.6 Å². The summed E-state index contributed by atoms with van der Waals surface area (Å²) in [4.78, 5) is 0. The van der Waals surface area contributed by atoms with E-state index in [1.54, 1.807) is 30.3 Å². The number of hydrogen-bond acceptors (Lipinski definition) is 0. The molecule has 0 heterocycles. The lowest BCUT2D eigenvalue weighted by Crippen LogP contribution is -1.87. The van der Waals surface area contributed by atoms with Crippen LogP contribution in [0.2, 0.25) is 5.02 Å². The van der Waals surface area contributed by atoms with Gasteiger partial charge in [0.2, 0.25) is 0 Å². The Labute approximate surface area is 115 Å². The molecule has 2 aromatic rings. The monoisotopic (exact) mass is 362 g/mol. The lowest BCUT2D eigenvalue weighted by Gasteiger charge is -2.08. The summed E-state index contributed by atoms with van der Waals surface area (Å²) < 4.78 is 15.2. The molecule has 0 aliphatic rings. The molecule has 0 bridgehead atoms. The smallest absolute Gasteiger partial charge is 0.132 e. The molecule has 0 unspecified atom stereocenters. The second-order valence-electron chi connectivity index (χ2n) is 3.22. The highest BCUT2D eigenvalue weighted by Gasteiger charge is 2.12. The fraction of sp³-hybridized carbons (Fsp3) is 0. The second-order valence-corrected chi connectivity index (χ2v) is 5.37. The molecule has 0 saturated carbocycles. The lowest BCUT2D eigenvalue weighted by atomic mass is 10.1. The summed E-state index contributed by atoms with van der Waals surface area (Å²) in [5.74, 6) is -0.266. The maximum atomic E-state index is 13.7. The van der Waals surface area contributed by atoms with E-state index in [0.717, 1.165) is 14.5 Å². The molecule has 0 aliphatic carbocycles. The van der Waals surface area contributed by atoms with E-state index in [2.05, 4.69) is 31.9 Å². The van der Waals surface area contributed by atoms with Gasteiger partial charge in [-0.3, -0.25) is 0 Å². The Morgan fingerprint density at radius 2 is 1.75 bits per heavy atom. The lowest BCUT2D eigenvalue weighted by molar-refractivity contribution is 0.630. The van der Waals surface area contributed by atoms with Crippen LogP contribution >= 0.6 is 43.5 Å². The van der Waals surface area contributed by atoms with Crippen molar-refractivity contribution in [2.75, 3.05) is 0 Å². The van der Waals surface area contributed by atoms with Crippen molar-refractivity contribution in [3.05, 3.63) is 56.2 Å². The highest BCUT2D eigenvalue weighted by molar-refractivity contribution is 9.11. The molecule has 16 heavy (non-hydrogen) atoms. The van der Waals surface area contributed by atoms with E-state index in [9.17, 15) is 4.39 Å². The van der Waals surface area contributed by atoms with Crippen LogP contribution in [0.5, 0.6) is 0 Å². The minimum absolute atomic E-state index is 0.266. The van der Waals surface area contributed by atoms with Gasteiger partial charge in [0.15, 0.2) is 0 Å². The molecule has 0 amide bonds. The van der Waals surface area contributed by atoms with Gasteiger partial charge in [0.1, 0.15) is 5.82 Å². The maximum absolute atomic E-state index is 13.7. The topological polar surface area (TPSA) is 0 Å². The van der Waals surface area contributed by atoms with Crippen LogP contribution < -0.4 is 0 Å². The number of rotatable bonds is 1. The molecular formula is C12H6Br2ClF. The molecule has 0 aromatic heterocycles. The largest absolute Gasteiger partial charge is 0.206 e. The van der Waals surface area contributed by atoms with E-state index in [0.29, 0.717) is 10.6 Å². The van der Waals surface area contributed by atoms with Gasteiger partial charge < -0.3 is 0 Å². The van der Waals surface area contributed by atoms with Crippen LogP contribution in [0, 0.1) is 5.82 Å². The van der Waals surface area contributed by atoms with Gasteiger partial charge in [0, 0.05) is 25.1 Å². The fourth-order valence-electron chi connectivity index (χ4n) is 1.45. The van der Waals surface area contributed by atoms with Gasteiger partial charge in [-0.15, -0.1) is 0 Å². The van der Waals surface area contributed by atoms with Gasteiger partial charge in [-0.25, -0.2) is 4.39 Å². The predicted octanol–water partition coefficient (Wildman–Crippen LogP) is 5.67. The van der Waals surface area contributed by atoms with Crippen molar-refractivity contribution >= 4 is 43.5 Å². The van der Waals surface area contributed by atoms with E-state index in [-0.39, 0.29) is 5.82 Å². The molecule has 0 spiro atoms. The minimum atomic E-state index is -0.266. The maximum Gasteiger partial charge on any atom is 0.132 e. The zero-order valence-corrected chi connectivity index (χ0v) is 11.9. The fourth-order valence-corrected chi connectivity index (χ4v) is 2.88. The summed E-state index contributed by atoms with van der Waals surface area (Å²) >= 11 is 12.6. The number of hydrogen-bond donors (Lipinski definition) is 0. The first-order valence-corrected chi connectivity index (χ1v) is 6.45. The van der Waals surface area contributed by atoms with Gasteiger partial charge >= 0.3 is 0 Å². The van der Waals surface area contributed by atoms with Crippen LogP contribution in [0.1, 0.15) is 0 Å². The molecule has 82 valence electrons. The Kier molecular flexibility index (Phi) is 3.67. The standard InChI is InChI=1S/C12H6Br2ClF/c13-9-2-1-3-11(16)12(9)8-5-4-7(15)6-10(8)14/h1-6H. The highest BCUT2D eigenvalue weighted by atomic mass is 79.9. The van der Waals surface area contributed by atoms with Crippen molar-refractivity contribution < 1.29 is 4.39 Å². The van der Waals surface area contributed by atoms with Crippen LogP contribution in [0.3, 0.4) is 0 Å². The third-order valence-corrected chi connectivity index (χ3v) is 3.72. The van der Waals surface area contributed by atoms with Gasteiger partial charge in [0.25, 0.3) is 0 Å². The summed E-state index contributed by atoms with van der Waals surface area (Å²) in [6, 6.07) is 10.2. The minimum Gasteiger partial charge on any atom is -0.206 e. The molecule has 2 rings (SSSR count). The number of benzene rings is 2. The zero-order chi connectivity index (χ0) is 11.7. The van der Waals surface area contributed by atoms with Gasteiger partial charge in [-0.05, 0) is 24.3 Å². The Morgan fingerprint density at radius 1 is 1.00 bits per heavy atom. The van der Waals surface area contributed by atoms with Crippen molar-refractivity contribution in [2.45, 2.75) is 0 Å². The van der Waals surface area contributed by atoms with Crippen molar-refractivity contribution in [1.82, 2.24) is 0 Å². The second kappa shape index (κ2) is 4.86. The first kappa shape index (κ1) is 12.1. The summed E-state index contributed by atoms with van der Waals surface area (Å²) in [7, 11) is 0. The third-order valence-electron chi connectivity index (χ3n) is 2.16. The van der Waals surface area contributed by atoms with Crippen LogP contribution in [0.15, 0.2) is 45.3 Å². The van der Waals surface area contributed by atoms with Crippen molar-refractivity contribution in [3.63, 3.8) is 0 Å². The molecule has 0 saturated heterocycles. The Balaban J connectivity index is 2.68. The molecule has 0 radical (unpaired) electrons. The summed E-state index contributed by atoms with van der Waals surface area (Å²) in [6.07, 6.45) is 0. The molecule has 0 nitrogen and oxygen atoms in total. The Morgan fingerprint density at radius 3 is 2.38 bits per heavy atom. The SMILES string of the molecule is Fc1cccc(Br)c1-c1ccc(Cl)cc1Br. The first-order valence-electron chi connectivity index (χ1n) is 4.49. The predicted molar refractivity (Wildman–Crippen MR) is 72.2 cm³/mol. The quantitative estimate of drug-likeness (QED) is 0.611. The van der Waals surface area contributed by atoms with Crippen LogP contribution in [-0.2, 0) is 0 Å². The van der Waals surface area contributed by atoms with Crippen LogP contribution in [-0.4, -0.2) is 0 Å². The number of halogens is 4. The first-order chi connectivity index (χ1) is 7.59. The summed E-state index contributed by atoms with van der Waals surface area (Å²) in [6.45, 7) is 0. The normalized spacial score (nSPS) is 10.5. The van der Waals surface area contributed by atoms with Crippen molar-refractivity contribution in [2.24, 2.45) is 0 Å². The zero-order valence-electron chi connectivity index (χ0n) is 7.98. The Hall–Kier alpha value is -0.380.